The highest BCUT2D eigenvalue weighted by Crippen LogP contribution is 2.31. The minimum atomic E-state index is 0.0496. The molecule has 1 unspecified atom stereocenters. The van der Waals surface area contributed by atoms with Gasteiger partial charge in [0, 0.05) is 34.0 Å². The largest absolute Gasteiger partial charge is 0.357 e. The predicted molar refractivity (Wildman–Crippen MR) is 76.5 cm³/mol. The predicted octanol–water partition coefficient (Wildman–Crippen LogP) is 4.56. The molecule has 5 heteroatoms. The van der Waals surface area contributed by atoms with Gasteiger partial charge in [-0.2, -0.15) is 5.10 Å². The van der Waals surface area contributed by atoms with Gasteiger partial charge < -0.3 is 4.74 Å². The Kier molecular flexibility index (Phi) is 3.78. The summed E-state index contributed by atoms with van der Waals surface area (Å²) in [6, 6.07) is 5.48. The molecule has 3 rings (SSSR count). The summed E-state index contributed by atoms with van der Waals surface area (Å²) in [7, 11) is 0. The molecular weight excluding hydrogens is 283 g/mol. The van der Waals surface area contributed by atoms with Crippen LogP contribution in [0.3, 0.4) is 0 Å². The lowest BCUT2D eigenvalue weighted by molar-refractivity contribution is -0.0394. The van der Waals surface area contributed by atoms with Gasteiger partial charge in [-0.05, 0) is 31.4 Å². The van der Waals surface area contributed by atoms with Crippen molar-refractivity contribution < 1.29 is 4.74 Å². The van der Waals surface area contributed by atoms with Crippen LogP contribution in [0.15, 0.2) is 30.6 Å². The molecule has 1 aromatic heterocycles. The minimum absolute atomic E-state index is 0.0496. The molecule has 0 saturated carbocycles. The number of aromatic nitrogens is 2. The van der Waals surface area contributed by atoms with Gasteiger partial charge in [0.2, 0.25) is 0 Å². The standard InChI is InChI=1S/C14H14Cl2N2O/c15-11-4-5-12(13(16)7-11)10-8-17-18(9-10)14-3-1-2-6-19-14/h4-5,7-9,14H,1-3,6H2. The van der Waals surface area contributed by atoms with Crippen LogP contribution in [0.1, 0.15) is 25.5 Å². The van der Waals surface area contributed by atoms with Crippen molar-refractivity contribution >= 4 is 23.2 Å². The van der Waals surface area contributed by atoms with Crippen LogP contribution in [0, 0.1) is 0 Å². The third-order valence-electron chi connectivity index (χ3n) is 3.29. The van der Waals surface area contributed by atoms with Crippen LogP contribution < -0.4 is 0 Å². The molecule has 100 valence electrons. The molecule has 1 aliphatic heterocycles. The van der Waals surface area contributed by atoms with E-state index < -0.39 is 0 Å². The van der Waals surface area contributed by atoms with Crippen molar-refractivity contribution in [3.63, 3.8) is 0 Å². The van der Waals surface area contributed by atoms with E-state index in [1.807, 2.05) is 29.2 Å². The molecule has 1 saturated heterocycles. The molecule has 1 aromatic carbocycles. The first kappa shape index (κ1) is 13.0. The highest BCUT2D eigenvalue weighted by atomic mass is 35.5. The fraction of sp³-hybridized carbons (Fsp3) is 0.357. The summed E-state index contributed by atoms with van der Waals surface area (Å²) in [6.07, 6.45) is 7.16. The number of benzene rings is 1. The topological polar surface area (TPSA) is 27.1 Å². The van der Waals surface area contributed by atoms with Gasteiger partial charge in [-0.3, -0.25) is 0 Å². The van der Waals surface area contributed by atoms with Crippen LogP contribution in [0.25, 0.3) is 11.1 Å². The molecule has 3 nitrogen and oxygen atoms in total. The highest BCUT2D eigenvalue weighted by molar-refractivity contribution is 6.36. The first-order chi connectivity index (χ1) is 9.24. The van der Waals surface area contributed by atoms with Gasteiger partial charge >= 0.3 is 0 Å². The molecule has 0 bridgehead atoms. The summed E-state index contributed by atoms with van der Waals surface area (Å²) in [5.41, 5.74) is 1.92. The molecular formula is C14H14Cl2N2O. The molecule has 2 heterocycles. The number of halogens is 2. The van der Waals surface area contributed by atoms with Crippen LogP contribution in [0.5, 0.6) is 0 Å². The second-order valence-electron chi connectivity index (χ2n) is 4.65. The van der Waals surface area contributed by atoms with E-state index in [9.17, 15) is 0 Å². The van der Waals surface area contributed by atoms with Crippen molar-refractivity contribution in [3.05, 3.63) is 40.6 Å². The van der Waals surface area contributed by atoms with E-state index in [0.29, 0.717) is 10.0 Å². The van der Waals surface area contributed by atoms with Crippen molar-refractivity contribution in [2.24, 2.45) is 0 Å². The van der Waals surface area contributed by atoms with Crippen LogP contribution in [0.2, 0.25) is 10.0 Å². The van der Waals surface area contributed by atoms with Gasteiger partial charge in [-0.15, -0.1) is 0 Å². The van der Waals surface area contributed by atoms with Crippen molar-refractivity contribution in [2.75, 3.05) is 6.61 Å². The Bertz CT molecular complexity index is 577. The smallest absolute Gasteiger partial charge is 0.150 e. The van der Waals surface area contributed by atoms with E-state index in [0.717, 1.165) is 30.6 Å². The Morgan fingerprint density at radius 2 is 2.16 bits per heavy atom. The zero-order valence-corrected chi connectivity index (χ0v) is 11.9. The van der Waals surface area contributed by atoms with Gasteiger partial charge in [0.05, 0.1) is 6.20 Å². The molecule has 0 spiro atoms. The summed E-state index contributed by atoms with van der Waals surface area (Å²) < 4.78 is 7.58. The number of hydrogen-bond donors (Lipinski definition) is 0. The van der Waals surface area contributed by atoms with E-state index in [4.69, 9.17) is 27.9 Å². The molecule has 0 radical (unpaired) electrons. The zero-order chi connectivity index (χ0) is 13.2. The Labute approximate surface area is 122 Å². The van der Waals surface area contributed by atoms with Gasteiger partial charge in [0.25, 0.3) is 0 Å². The Morgan fingerprint density at radius 3 is 2.89 bits per heavy atom. The summed E-state index contributed by atoms with van der Waals surface area (Å²) in [5, 5.41) is 5.65. The molecule has 1 aliphatic rings. The van der Waals surface area contributed by atoms with E-state index >= 15 is 0 Å². The van der Waals surface area contributed by atoms with Gasteiger partial charge in [0.15, 0.2) is 0 Å². The Balaban J connectivity index is 1.87. The third kappa shape index (κ3) is 2.78. The zero-order valence-electron chi connectivity index (χ0n) is 10.4. The number of rotatable bonds is 2. The molecule has 1 atom stereocenters. The molecule has 0 N–H and O–H groups in total. The minimum Gasteiger partial charge on any atom is -0.357 e. The fourth-order valence-electron chi connectivity index (χ4n) is 2.29. The van der Waals surface area contributed by atoms with Gasteiger partial charge in [-0.25, -0.2) is 4.68 Å². The Hall–Kier alpha value is -1.03. The molecule has 0 aliphatic carbocycles. The van der Waals surface area contributed by atoms with E-state index in [1.165, 1.54) is 6.42 Å². The molecule has 19 heavy (non-hydrogen) atoms. The van der Waals surface area contributed by atoms with Crippen molar-refractivity contribution in [1.82, 2.24) is 9.78 Å². The summed E-state index contributed by atoms with van der Waals surface area (Å²) >= 11 is 12.1. The molecule has 1 fully saturated rings. The average molecular weight is 297 g/mol. The fourth-order valence-corrected chi connectivity index (χ4v) is 2.81. The first-order valence-electron chi connectivity index (χ1n) is 6.35. The summed E-state index contributed by atoms with van der Waals surface area (Å²) in [6.45, 7) is 0.807. The van der Waals surface area contributed by atoms with Crippen LogP contribution in [-0.4, -0.2) is 16.4 Å². The lowest BCUT2D eigenvalue weighted by atomic mass is 10.1. The van der Waals surface area contributed by atoms with E-state index in [1.54, 1.807) is 6.07 Å². The highest BCUT2D eigenvalue weighted by Gasteiger charge is 2.17. The third-order valence-corrected chi connectivity index (χ3v) is 3.84. The lowest BCUT2D eigenvalue weighted by Gasteiger charge is -2.22. The van der Waals surface area contributed by atoms with E-state index in [2.05, 4.69) is 5.10 Å². The average Bonchev–Trinajstić information content (AvgIpc) is 2.89. The maximum absolute atomic E-state index is 6.21. The summed E-state index contributed by atoms with van der Waals surface area (Å²) in [5.74, 6) is 0. The van der Waals surface area contributed by atoms with Crippen LogP contribution in [-0.2, 0) is 4.74 Å². The van der Waals surface area contributed by atoms with Crippen molar-refractivity contribution in [2.45, 2.75) is 25.5 Å². The lowest BCUT2D eigenvalue weighted by Crippen LogP contribution is -2.18. The second-order valence-corrected chi connectivity index (χ2v) is 5.50. The molecule has 2 aromatic rings. The maximum atomic E-state index is 6.21. The second kappa shape index (κ2) is 5.53. The first-order valence-corrected chi connectivity index (χ1v) is 7.11. The normalized spacial score (nSPS) is 19.6. The maximum Gasteiger partial charge on any atom is 0.150 e. The summed E-state index contributed by atoms with van der Waals surface area (Å²) in [4.78, 5) is 0. The van der Waals surface area contributed by atoms with Gasteiger partial charge in [-0.1, -0.05) is 29.3 Å². The van der Waals surface area contributed by atoms with Crippen molar-refractivity contribution in [1.29, 1.82) is 0 Å². The van der Waals surface area contributed by atoms with Crippen molar-refractivity contribution in [3.8, 4) is 11.1 Å². The monoisotopic (exact) mass is 296 g/mol. The molecule has 0 amide bonds. The van der Waals surface area contributed by atoms with E-state index in [-0.39, 0.29) is 6.23 Å². The Morgan fingerprint density at radius 1 is 1.26 bits per heavy atom. The number of nitrogens with zero attached hydrogens (tertiary/aromatic N) is 2. The van der Waals surface area contributed by atoms with Crippen LogP contribution in [0.4, 0.5) is 0 Å². The number of ether oxygens (including phenoxy) is 1. The SMILES string of the molecule is Clc1ccc(-c2cnn(C3CCCCO3)c2)c(Cl)c1. The van der Waals surface area contributed by atoms with Crippen LogP contribution >= 0.6 is 23.2 Å². The van der Waals surface area contributed by atoms with Gasteiger partial charge in [0.1, 0.15) is 6.23 Å². The quantitative estimate of drug-likeness (QED) is 0.812. The number of hydrogen-bond acceptors (Lipinski definition) is 2.